The number of benzene rings is 2. The first-order valence-corrected chi connectivity index (χ1v) is 7.09. The van der Waals surface area contributed by atoms with Gasteiger partial charge in [-0.3, -0.25) is 0 Å². The maximum absolute atomic E-state index is 6.27. The third-order valence-corrected chi connectivity index (χ3v) is 4.37. The molecule has 2 aromatic rings. The summed E-state index contributed by atoms with van der Waals surface area (Å²) in [4.78, 5) is 0. The second-order valence-electron chi connectivity index (χ2n) is 4.22. The molecule has 0 saturated heterocycles. The minimum absolute atomic E-state index is 0.194. The molecule has 1 atom stereocenters. The van der Waals surface area contributed by atoms with Gasteiger partial charge in [0.25, 0.3) is 0 Å². The summed E-state index contributed by atoms with van der Waals surface area (Å²) < 4.78 is 0.877. The molecule has 0 saturated carbocycles. The van der Waals surface area contributed by atoms with Crippen LogP contribution >= 0.6 is 27.5 Å². The van der Waals surface area contributed by atoms with Crippen molar-refractivity contribution >= 4 is 27.5 Å². The normalized spacial score (nSPS) is 12.4. The van der Waals surface area contributed by atoms with Gasteiger partial charge in [-0.15, -0.1) is 0 Å². The highest BCUT2D eigenvalue weighted by Crippen LogP contribution is 2.32. The first-order chi connectivity index (χ1) is 8.63. The zero-order valence-corrected chi connectivity index (χ0v) is 12.5. The molecule has 0 radical (unpaired) electrons. The van der Waals surface area contributed by atoms with Crippen LogP contribution in [0.1, 0.15) is 29.7 Å². The second kappa shape index (κ2) is 5.87. The van der Waals surface area contributed by atoms with E-state index >= 15 is 0 Å². The van der Waals surface area contributed by atoms with Crippen molar-refractivity contribution in [2.45, 2.75) is 19.4 Å². The van der Waals surface area contributed by atoms with Crippen LogP contribution in [0.3, 0.4) is 0 Å². The van der Waals surface area contributed by atoms with Gasteiger partial charge in [-0.1, -0.05) is 54.9 Å². The summed E-state index contributed by atoms with van der Waals surface area (Å²) in [5, 5.41) is 0.685. The molecule has 0 amide bonds. The summed E-state index contributed by atoms with van der Waals surface area (Å²) in [6.45, 7) is 2.14. The number of rotatable bonds is 3. The van der Waals surface area contributed by atoms with E-state index in [0.717, 1.165) is 22.0 Å². The fourth-order valence-corrected chi connectivity index (χ4v) is 2.53. The fraction of sp³-hybridized carbons (Fsp3) is 0.200. The van der Waals surface area contributed by atoms with Crippen molar-refractivity contribution in [3.8, 4) is 0 Å². The third-order valence-electron chi connectivity index (χ3n) is 3.06. The van der Waals surface area contributed by atoms with Gasteiger partial charge in [-0.25, -0.2) is 0 Å². The zero-order valence-electron chi connectivity index (χ0n) is 10.2. The third kappa shape index (κ3) is 2.77. The number of nitrogens with two attached hydrogens (primary N) is 1. The van der Waals surface area contributed by atoms with E-state index in [9.17, 15) is 0 Å². The standard InChI is InChI=1S/C15H15BrClN/c1-2-10-6-8-11(9-7-10)15(18)12-4-3-5-13(16)14(12)17/h3-9,15H,2,18H2,1H3. The highest BCUT2D eigenvalue weighted by molar-refractivity contribution is 9.10. The number of halogens is 2. The van der Waals surface area contributed by atoms with Gasteiger partial charge in [0.15, 0.2) is 0 Å². The average molecular weight is 325 g/mol. The van der Waals surface area contributed by atoms with Gasteiger partial charge >= 0.3 is 0 Å². The molecule has 2 N–H and O–H groups in total. The molecule has 0 spiro atoms. The molecule has 0 heterocycles. The number of hydrogen-bond acceptors (Lipinski definition) is 1. The lowest BCUT2D eigenvalue weighted by Crippen LogP contribution is -2.12. The molecule has 2 aromatic carbocycles. The molecule has 0 aliphatic heterocycles. The van der Waals surface area contributed by atoms with Crippen molar-refractivity contribution in [1.29, 1.82) is 0 Å². The molecular formula is C15H15BrClN. The zero-order chi connectivity index (χ0) is 13.1. The molecule has 1 unspecified atom stereocenters. The molecule has 18 heavy (non-hydrogen) atoms. The molecule has 3 heteroatoms. The summed E-state index contributed by atoms with van der Waals surface area (Å²) in [6, 6.07) is 14.0. The van der Waals surface area contributed by atoms with E-state index in [-0.39, 0.29) is 6.04 Å². The molecule has 0 aliphatic carbocycles. The highest BCUT2D eigenvalue weighted by Gasteiger charge is 2.13. The first-order valence-electron chi connectivity index (χ1n) is 5.91. The van der Waals surface area contributed by atoms with Crippen molar-refractivity contribution < 1.29 is 0 Å². The maximum atomic E-state index is 6.27. The maximum Gasteiger partial charge on any atom is 0.0599 e. The average Bonchev–Trinajstić information content (AvgIpc) is 2.41. The van der Waals surface area contributed by atoms with Crippen LogP contribution in [0, 0.1) is 0 Å². The van der Waals surface area contributed by atoms with Crippen LogP contribution in [-0.2, 0) is 6.42 Å². The van der Waals surface area contributed by atoms with Crippen molar-refractivity contribution in [3.05, 3.63) is 68.7 Å². The molecule has 2 rings (SSSR count). The largest absolute Gasteiger partial charge is 0.320 e. The number of aryl methyl sites for hydroxylation is 1. The summed E-state index contributed by atoms with van der Waals surface area (Å²) in [5.41, 5.74) is 9.60. The van der Waals surface area contributed by atoms with Crippen molar-refractivity contribution in [3.63, 3.8) is 0 Å². The smallest absolute Gasteiger partial charge is 0.0599 e. The molecular weight excluding hydrogens is 310 g/mol. The van der Waals surface area contributed by atoms with Gasteiger partial charge < -0.3 is 5.73 Å². The lowest BCUT2D eigenvalue weighted by Gasteiger charge is -2.15. The molecule has 0 aliphatic rings. The van der Waals surface area contributed by atoms with E-state index in [1.54, 1.807) is 0 Å². The van der Waals surface area contributed by atoms with Gasteiger partial charge in [-0.05, 0) is 45.1 Å². The topological polar surface area (TPSA) is 26.0 Å². The van der Waals surface area contributed by atoms with Crippen LogP contribution in [0.15, 0.2) is 46.9 Å². The van der Waals surface area contributed by atoms with E-state index in [1.165, 1.54) is 5.56 Å². The molecule has 0 bridgehead atoms. The van der Waals surface area contributed by atoms with Crippen LogP contribution < -0.4 is 5.73 Å². The van der Waals surface area contributed by atoms with Crippen molar-refractivity contribution in [2.75, 3.05) is 0 Å². The Kier molecular flexibility index (Phi) is 4.44. The quantitative estimate of drug-likeness (QED) is 0.869. The Morgan fingerprint density at radius 2 is 1.83 bits per heavy atom. The first kappa shape index (κ1) is 13.6. The molecule has 94 valence electrons. The van der Waals surface area contributed by atoms with Gasteiger partial charge in [0.2, 0.25) is 0 Å². The van der Waals surface area contributed by atoms with E-state index in [2.05, 4.69) is 47.1 Å². The van der Waals surface area contributed by atoms with Crippen molar-refractivity contribution in [1.82, 2.24) is 0 Å². The van der Waals surface area contributed by atoms with E-state index in [1.807, 2.05) is 18.2 Å². The van der Waals surface area contributed by atoms with Gasteiger partial charge in [0, 0.05) is 4.47 Å². The highest BCUT2D eigenvalue weighted by atomic mass is 79.9. The van der Waals surface area contributed by atoms with Gasteiger partial charge in [-0.2, -0.15) is 0 Å². The Labute approximate surface area is 121 Å². The Morgan fingerprint density at radius 1 is 1.17 bits per heavy atom. The predicted octanol–water partition coefficient (Wildman–Crippen LogP) is 4.71. The fourth-order valence-electron chi connectivity index (χ4n) is 1.90. The Morgan fingerprint density at radius 3 is 2.44 bits per heavy atom. The van der Waals surface area contributed by atoms with Crippen LogP contribution in [0.2, 0.25) is 5.02 Å². The lowest BCUT2D eigenvalue weighted by atomic mass is 9.98. The lowest BCUT2D eigenvalue weighted by molar-refractivity contribution is 0.869. The van der Waals surface area contributed by atoms with Crippen LogP contribution in [-0.4, -0.2) is 0 Å². The Bertz CT molecular complexity index is 537. The summed E-state index contributed by atoms with van der Waals surface area (Å²) in [6.07, 6.45) is 1.03. The monoisotopic (exact) mass is 323 g/mol. The predicted molar refractivity (Wildman–Crippen MR) is 81.0 cm³/mol. The summed E-state index contributed by atoms with van der Waals surface area (Å²) in [7, 11) is 0. The molecule has 0 fully saturated rings. The number of hydrogen-bond donors (Lipinski definition) is 1. The van der Waals surface area contributed by atoms with Gasteiger partial charge in [0.1, 0.15) is 0 Å². The molecule has 0 aromatic heterocycles. The van der Waals surface area contributed by atoms with E-state index in [4.69, 9.17) is 17.3 Å². The van der Waals surface area contributed by atoms with Crippen LogP contribution in [0.5, 0.6) is 0 Å². The van der Waals surface area contributed by atoms with Crippen molar-refractivity contribution in [2.24, 2.45) is 5.73 Å². The van der Waals surface area contributed by atoms with Gasteiger partial charge in [0.05, 0.1) is 11.1 Å². The summed E-state index contributed by atoms with van der Waals surface area (Å²) >= 11 is 9.69. The SMILES string of the molecule is CCc1ccc(C(N)c2cccc(Br)c2Cl)cc1. The summed E-state index contributed by atoms with van der Waals surface area (Å²) in [5.74, 6) is 0. The Balaban J connectivity index is 2.35. The van der Waals surface area contributed by atoms with E-state index in [0.29, 0.717) is 5.02 Å². The Hall–Kier alpha value is -0.830. The van der Waals surface area contributed by atoms with E-state index < -0.39 is 0 Å². The minimum Gasteiger partial charge on any atom is -0.320 e. The molecule has 1 nitrogen and oxygen atoms in total. The second-order valence-corrected chi connectivity index (χ2v) is 5.45. The van der Waals surface area contributed by atoms with Crippen LogP contribution in [0.25, 0.3) is 0 Å². The van der Waals surface area contributed by atoms with Crippen LogP contribution in [0.4, 0.5) is 0 Å². The minimum atomic E-state index is -0.194.